The van der Waals surface area contributed by atoms with Gasteiger partial charge in [0.25, 0.3) is 5.91 Å². The normalized spacial score (nSPS) is 11.1. The molecule has 0 aliphatic heterocycles. The Morgan fingerprint density at radius 1 is 1.10 bits per heavy atom. The SMILES string of the molecule is COc1ccc2[nH]c(C(=O)NCc3cccc(Cn4nc(C)cc4C)c3)c(C)c2c1. The van der Waals surface area contributed by atoms with Crippen LogP contribution in [0.4, 0.5) is 0 Å². The van der Waals surface area contributed by atoms with Crippen LogP contribution in [0, 0.1) is 20.8 Å². The Balaban J connectivity index is 1.47. The second-order valence-corrected chi connectivity index (χ2v) is 7.62. The number of H-pyrrole nitrogens is 1. The first-order valence-electron chi connectivity index (χ1n) is 9.98. The lowest BCUT2D eigenvalue weighted by Crippen LogP contribution is -2.23. The van der Waals surface area contributed by atoms with Crippen LogP contribution in [0.2, 0.25) is 0 Å². The van der Waals surface area contributed by atoms with Crippen LogP contribution in [0.5, 0.6) is 5.75 Å². The van der Waals surface area contributed by atoms with Crippen LogP contribution in [0.25, 0.3) is 10.9 Å². The van der Waals surface area contributed by atoms with Crippen LogP contribution < -0.4 is 10.1 Å². The largest absolute Gasteiger partial charge is 0.497 e. The summed E-state index contributed by atoms with van der Waals surface area (Å²) in [6, 6.07) is 16.1. The highest BCUT2D eigenvalue weighted by Crippen LogP contribution is 2.26. The average molecular weight is 402 g/mol. The molecule has 30 heavy (non-hydrogen) atoms. The monoisotopic (exact) mass is 402 g/mol. The van der Waals surface area contributed by atoms with E-state index in [9.17, 15) is 4.79 Å². The maximum absolute atomic E-state index is 12.8. The van der Waals surface area contributed by atoms with Gasteiger partial charge in [-0.25, -0.2) is 0 Å². The lowest BCUT2D eigenvalue weighted by molar-refractivity contribution is 0.0946. The van der Waals surface area contributed by atoms with Gasteiger partial charge in [-0.1, -0.05) is 24.3 Å². The minimum Gasteiger partial charge on any atom is -0.497 e. The zero-order valence-electron chi connectivity index (χ0n) is 17.7. The molecule has 0 aliphatic rings. The van der Waals surface area contributed by atoms with Crippen LogP contribution in [0.15, 0.2) is 48.5 Å². The maximum atomic E-state index is 12.8. The number of benzene rings is 2. The predicted octanol–water partition coefficient (Wildman–Crippen LogP) is 4.28. The molecule has 0 saturated carbocycles. The second kappa shape index (κ2) is 8.06. The summed E-state index contributed by atoms with van der Waals surface area (Å²) in [5.74, 6) is 0.655. The summed E-state index contributed by atoms with van der Waals surface area (Å²) in [4.78, 5) is 16.0. The average Bonchev–Trinajstić information content (AvgIpc) is 3.24. The minimum atomic E-state index is -0.119. The van der Waals surface area contributed by atoms with Crippen molar-refractivity contribution in [3.63, 3.8) is 0 Å². The molecular weight excluding hydrogens is 376 g/mol. The molecule has 0 bridgehead atoms. The van der Waals surface area contributed by atoms with Gasteiger partial charge >= 0.3 is 0 Å². The standard InChI is InChI=1S/C24H26N4O2/c1-15-10-16(2)28(27-15)14-19-7-5-6-18(11-19)13-25-24(29)23-17(3)21-12-20(30-4)8-9-22(21)26-23/h5-12,26H,13-14H2,1-4H3,(H,25,29). The van der Waals surface area contributed by atoms with E-state index >= 15 is 0 Å². The number of aromatic amines is 1. The number of aryl methyl sites for hydroxylation is 3. The van der Waals surface area contributed by atoms with E-state index in [1.54, 1.807) is 7.11 Å². The van der Waals surface area contributed by atoms with Crippen molar-refractivity contribution in [2.24, 2.45) is 0 Å². The number of carbonyl (C=O) groups excluding carboxylic acids is 1. The quantitative estimate of drug-likeness (QED) is 0.506. The van der Waals surface area contributed by atoms with Crippen LogP contribution in [-0.4, -0.2) is 27.8 Å². The number of methoxy groups -OCH3 is 1. The Morgan fingerprint density at radius 3 is 2.63 bits per heavy atom. The van der Waals surface area contributed by atoms with E-state index < -0.39 is 0 Å². The highest BCUT2D eigenvalue weighted by Gasteiger charge is 2.15. The highest BCUT2D eigenvalue weighted by molar-refractivity contribution is 6.01. The van der Waals surface area contributed by atoms with Crippen molar-refractivity contribution < 1.29 is 9.53 Å². The highest BCUT2D eigenvalue weighted by atomic mass is 16.5. The maximum Gasteiger partial charge on any atom is 0.268 e. The fourth-order valence-electron chi connectivity index (χ4n) is 3.78. The molecule has 1 amide bonds. The molecule has 2 aromatic carbocycles. The zero-order chi connectivity index (χ0) is 21.3. The number of aromatic nitrogens is 3. The minimum absolute atomic E-state index is 0.119. The van der Waals surface area contributed by atoms with E-state index in [1.165, 1.54) is 0 Å². The number of nitrogens with zero attached hydrogens (tertiary/aromatic N) is 2. The lowest BCUT2D eigenvalue weighted by Gasteiger charge is -2.09. The van der Waals surface area contributed by atoms with Crippen molar-refractivity contribution in [1.82, 2.24) is 20.1 Å². The van der Waals surface area contributed by atoms with Crippen molar-refractivity contribution in [3.05, 3.63) is 82.3 Å². The topological polar surface area (TPSA) is 71.9 Å². The Kier molecular flexibility index (Phi) is 5.31. The molecule has 0 fully saturated rings. The lowest BCUT2D eigenvalue weighted by atomic mass is 10.1. The summed E-state index contributed by atoms with van der Waals surface area (Å²) >= 11 is 0. The van der Waals surface area contributed by atoms with Gasteiger partial charge in [-0.2, -0.15) is 5.10 Å². The van der Waals surface area contributed by atoms with Gasteiger partial charge in [-0.15, -0.1) is 0 Å². The van der Waals surface area contributed by atoms with Gasteiger partial charge in [0.2, 0.25) is 0 Å². The van der Waals surface area contributed by atoms with E-state index in [4.69, 9.17) is 4.74 Å². The molecule has 0 atom stereocenters. The molecule has 2 heterocycles. The van der Waals surface area contributed by atoms with Crippen LogP contribution >= 0.6 is 0 Å². The number of carbonyl (C=O) groups is 1. The first-order valence-corrected chi connectivity index (χ1v) is 9.98. The van der Waals surface area contributed by atoms with Crippen molar-refractivity contribution in [3.8, 4) is 5.75 Å². The summed E-state index contributed by atoms with van der Waals surface area (Å²) in [6.45, 7) is 7.18. The third-order valence-electron chi connectivity index (χ3n) is 5.37. The Labute approximate surface area is 175 Å². The summed E-state index contributed by atoms with van der Waals surface area (Å²) in [5.41, 5.74) is 6.78. The van der Waals surface area contributed by atoms with Gasteiger partial charge < -0.3 is 15.0 Å². The van der Waals surface area contributed by atoms with Crippen LogP contribution in [0.3, 0.4) is 0 Å². The summed E-state index contributed by atoms with van der Waals surface area (Å²) in [5, 5.41) is 8.55. The molecule has 2 N–H and O–H groups in total. The van der Waals surface area contributed by atoms with E-state index in [0.717, 1.165) is 44.7 Å². The van der Waals surface area contributed by atoms with Gasteiger partial charge in [0.15, 0.2) is 0 Å². The van der Waals surface area contributed by atoms with Crippen LogP contribution in [-0.2, 0) is 13.1 Å². The zero-order valence-corrected chi connectivity index (χ0v) is 17.7. The first kappa shape index (κ1) is 19.8. The third-order valence-corrected chi connectivity index (χ3v) is 5.37. The van der Waals surface area contributed by atoms with Gasteiger partial charge in [0, 0.05) is 23.1 Å². The van der Waals surface area contributed by atoms with Crippen molar-refractivity contribution in [1.29, 1.82) is 0 Å². The fraction of sp³-hybridized carbons (Fsp3) is 0.250. The molecule has 0 saturated heterocycles. The molecule has 0 radical (unpaired) electrons. The second-order valence-electron chi connectivity index (χ2n) is 7.62. The van der Waals surface area contributed by atoms with E-state index in [0.29, 0.717) is 18.8 Å². The Hall–Kier alpha value is -3.54. The summed E-state index contributed by atoms with van der Waals surface area (Å²) in [7, 11) is 1.64. The molecular formula is C24H26N4O2. The Bertz CT molecular complexity index is 1220. The number of rotatable bonds is 6. The molecule has 2 aromatic heterocycles. The Morgan fingerprint density at radius 2 is 1.90 bits per heavy atom. The van der Waals surface area contributed by atoms with E-state index in [-0.39, 0.29) is 5.91 Å². The molecule has 6 heteroatoms. The smallest absolute Gasteiger partial charge is 0.268 e. The molecule has 6 nitrogen and oxygen atoms in total. The third kappa shape index (κ3) is 3.94. The van der Waals surface area contributed by atoms with E-state index in [2.05, 4.69) is 40.5 Å². The number of ether oxygens (including phenoxy) is 1. The van der Waals surface area contributed by atoms with Gasteiger partial charge in [0.1, 0.15) is 11.4 Å². The molecule has 154 valence electrons. The van der Waals surface area contributed by atoms with Crippen molar-refractivity contribution in [2.75, 3.05) is 7.11 Å². The van der Waals surface area contributed by atoms with Crippen molar-refractivity contribution in [2.45, 2.75) is 33.9 Å². The number of hydrogen-bond donors (Lipinski definition) is 2. The van der Waals surface area contributed by atoms with E-state index in [1.807, 2.05) is 48.9 Å². The van der Waals surface area contributed by atoms with Crippen molar-refractivity contribution >= 4 is 16.8 Å². The molecule has 0 unspecified atom stereocenters. The number of fused-ring (bicyclic) bond motifs is 1. The first-order chi connectivity index (χ1) is 14.4. The summed E-state index contributed by atoms with van der Waals surface area (Å²) < 4.78 is 7.29. The van der Waals surface area contributed by atoms with Crippen LogP contribution in [0.1, 0.15) is 38.6 Å². The van der Waals surface area contributed by atoms with Gasteiger partial charge in [-0.05, 0) is 61.7 Å². The molecule has 4 rings (SSSR count). The molecule has 4 aromatic rings. The molecule has 0 spiro atoms. The summed E-state index contributed by atoms with van der Waals surface area (Å²) in [6.07, 6.45) is 0. The number of amides is 1. The van der Waals surface area contributed by atoms with Gasteiger partial charge in [0.05, 0.1) is 19.3 Å². The molecule has 0 aliphatic carbocycles. The number of hydrogen-bond acceptors (Lipinski definition) is 3. The van der Waals surface area contributed by atoms with Gasteiger partial charge in [-0.3, -0.25) is 9.48 Å². The predicted molar refractivity (Wildman–Crippen MR) is 118 cm³/mol. The fourth-order valence-corrected chi connectivity index (χ4v) is 3.78. The number of nitrogens with one attached hydrogen (secondary N) is 2.